The Bertz CT molecular complexity index is 925. The molecule has 1 aromatic carbocycles. The second-order valence-electron chi connectivity index (χ2n) is 4.94. The smallest absolute Gasteiger partial charge is 0.274 e. The van der Waals surface area contributed by atoms with Crippen molar-refractivity contribution in [3.8, 4) is 0 Å². The van der Waals surface area contributed by atoms with E-state index in [9.17, 15) is 23.1 Å². The first kappa shape index (κ1) is 21.7. The number of aliphatic hydroxyl groups excluding tert-OH is 1. The monoisotopic (exact) mass is 484 g/mol. The second-order valence-corrected chi connectivity index (χ2v) is 8.13. The van der Waals surface area contributed by atoms with Crippen molar-refractivity contribution in [2.75, 3.05) is 12.4 Å². The summed E-state index contributed by atoms with van der Waals surface area (Å²) in [6, 6.07) is 3.05. The molecular weight excluding hydrogens is 471 g/mol. The van der Waals surface area contributed by atoms with E-state index in [2.05, 4.69) is 35.9 Å². The largest absolute Gasteiger partial charge is 0.395 e. The quantitative estimate of drug-likeness (QED) is 0.152. The van der Waals surface area contributed by atoms with Crippen molar-refractivity contribution in [2.45, 2.75) is 11.1 Å². The molecule has 148 valence electrons. The van der Waals surface area contributed by atoms with Crippen LogP contribution in [0.1, 0.15) is 5.69 Å². The average molecular weight is 485 g/mol. The average Bonchev–Trinajstić information content (AvgIpc) is 3.07. The molecule has 0 unspecified atom stereocenters. The third-order valence-electron chi connectivity index (χ3n) is 2.91. The summed E-state index contributed by atoms with van der Waals surface area (Å²) in [6.07, 6.45) is 0. The summed E-state index contributed by atoms with van der Waals surface area (Å²) in [5.41, 5.74) is 2.17. The lowest BCUT2D eigenvalue weighted by molar-refractivity contribution is 0.234. The van der Waals surface area contributed by atoms with Crippen LogP contribution in [-0.2, 0) is 10.2 Å². The van der Waals surface area contributed by atoms with Gasteiger partial charge in [0.25, 0.3) is 10.2 Å². The Labute approximate surface area is 165 Å². The van der Waals surface area contributed by atoms with Gasteiger partial charge in [-0.25, -0.2) is 19.2 Å². The van der Waals surface area contributed by atoms with Gasteiger partial charge in [-0.2, -0.15) is 13.1 Å². The standard InChI is InChI=1S/C12H14BrFN6O5S2/c13-8-3-6(1-2-9(8)14)16-11(17-22)10-12(19-25-18-10)26-5-7(4-21)20-27(15,23)24/h1-3,7,20-22H,4-5H2,(H,16,17)(H2,15,23,24)/t7-/m1/s1. The van der Waals surface area contributed by atoms with Crippen molar-refractivity contribution in [1.82, 2.24) is 20.5 Å². The lowest BCUT2D eigenvalue weighted by atomic mass is 10.3. The third kappa shape index (κ3) is 6.49. The van der Waals surface area contributed by atoms with E-state index in [1.807, 2.05) is 10.2 Å². The number of aliphatic imine (C=N–C) groups is 1. The van der Waals surface area contributed by atoms with Crippen LogP contribution in [0.4, 0.5) is 10.1 Å². The van der Waals surface area contributed by atoms with Gasteiger partial charge in [0.2, 0.25) is 0 Å². The predicted molar refractivity (Wildman–Crippen MR) is 97.4 cm³/mol. The molecule has 6 N–H and O–H groups in total. The molecule has 0 aliphatic heterocycles. The predicted octanol–water partition coefficient (Wildman–Crippen LogP) is 0.274. The number of hydrogen-bond acceptors (Lipinski definition) is 9. The van der Waals surface area contributed by atoms with Gasteiger partial charge in [-0.1, -0.05) is 11.8 Å². The van der Waals surface area contributed by atoms with Gasteiger partial charge in [-0.05, 0) is 44.4 Å². The van der Waals surface area contributed by atoms with Crippen molar-refractivity contribution in [3.63, 3.8) is 0 Å². The minimum absolute atomic E-state index is 0.0234. The van der Waals surface area contributed by atoms with Crippen LogP contribution < -0.4 is 15.3 Å². The van der Waals surface area contributed by atoms with Crippen molar-refractivity contribution in [1.29, 1.82) is 0 Å². The van der Waals surface area contributed by atoms with Gasteiger partial charge in [0.05, 0.1) is 22.8 Å². The second kappa shape index (κ2) is 9.54. The zero-order chi connectivity index (χ0) is 20.0. The molecule has 27 heavy (non-hydrogen) atoms. The molecule has 15 heteroatoms. The first-order valence-corrected chi connectivity index (χ1v) is 10.4. The number of hydroxylamine groups is 1. The number of aromatic nitrogens is 2. The van der Waals surface area contributed by atoms with E-state index in [0.29, 0.717) is 5.69 Å². The highest BCUT2D eigenvalue weighted by molar-refractivity contribution is 9.10. The molecule has 2 rings (SSSR count). The summed E-state index contributed by atoms with van der Waals surface area (Å²) < 4.78 is 42.2. The highest BCUT2D eigenvalue weighted by Crippen LogP contribution is 2.24. The van der Waals surface area contributed by atoms with Gasteiger partial charge in [0, 0.05) is 5.75 Å². The lowest BCUT2D eigenvalue weighted by Gasteiger charge is -2.13. The van der Waals surface area contributed by atoms with Gasteiger partial charge in [0.1, 0.15) is 5.82 Å². The Morgan fingerprint density at radius 3 is 2.81 bits per heavy atom. The Balaban J connectivity index is 2.20. The number of nitrogens with zero attached hydrogens (tertiary/aromatic N) is 3. The number of rotatable bonds is 8. The van der Waals surface area contributed by atoms with Crippen LogP contribution in [0, 0.1) is 5.82 Å². The summed E-state index contributed by atoms with van der Waals surface area (Å²) in [7, 11) is -4.00. The van der Waals surface area contributed by atoms with Crippen molar-refractivity contribution in [3.05, 3.63) is 34.2 Å². The van der Waals surface area contributed by atoms with Gasteiger partial charge >= 0.3 is 0 Å². The maximum atomic E-state index is 13.3. The normalized spacial score (nSPS) is 13.6. The van der Waals surface area contributed by atoms with Gasteiger partial charge in [-0.3, -0.25) is 10.7 Å². The minimum atomic E-state index is -4.00. The van der Waals surface area contributed by atoms with Crippen LogP contribution in [0.3, 0.4) is 0 Å². The first-order chi connectivity index (χ1) is 12.7. The van der Waals surface area contributed by atoms with E-state index in [4.69, 9.17) is 5.14 Å². The Hall–Kier alpha value is -1.62. The zero-order valence-electron chi connectivity index (χ0n) is 13.3. The van der Waals surface area contributed by atoms with Crippen molar-refractivity contribution < 1.29 is 27.8 Å². The fraction of sp³-hybridized carbons (Fsp3) is 0.250. The van der Waals surface area contributed by atoms with E-state index in [1.54, 1.807) is 0 Å². The van der Waals surface area contributed by atoms with E-state index < -0.39 is 28.7 Å². The number of aliphatic hydroxyl groups is 1. The Kier molecular flexibility index (Phi) is 7.66. The molecule has 11 nitrogen and oxygen atoms in total. The lowest BCUT2D eigenvalue weighted by Crippen LogP contribution is -2.42. The first-order valence-electron chi connectivity index (χ1n) is 7.04. The summed E-state index contributed by atoms with van der Waals surface area (Å²) in [5.74, 6) is -0.587. The maximum Gasteiger partial charge on any atom is 0.274 e. The minimum Gasteiger partial charge on any atom is -0.395 e. The van der Waals surface area contributed by atoms with Crippen LogP contribution in [0.15, 0.2) is 37.3 Å². The summed E-state index contributed by atoms with van der Waals surface area (Å²) in [5, 5.41) is 30.9. The highest BCUT2D eigenvalue weighted by Gasteiger charge is 2.20. The molecule has 1 atom stereocenters. The van der Waals surface area contributed by atoms with E-state index in [1.165, 1.54) is 18.2 Å². The molecule has 0 aliphatic rings. The molecule has 0 fully saturated rings. The third-order valence-corrected chi connectivity index (χ3v) is 5.29. The molecule has 0 amide bonds. The van der Waals surface area contributed by atoms with Gasteiger partial charge in [0.15, 0.2) is 16.6 Å². The van der Waals surface area contributed by atoms with Crippen LogP contribution in [0.5, 0.6) is 0 Å². The maximum absolute atomic E-state index is 13.3. The number of thioether (sulfide) groups is 1. The van der Waals surface area contributed by atoms with E-state index in [-0.39, 0.29) is 26.8 Å². The van der Waals surface area contributed by atoms with Crippen LogP contribution in [-0.4, -0.2) is 53.3 Å². The summed E-state index contributed by atoms with van der Waals surface area (Å²) in [4.78, 5) is 4.09. The fourth-order valence-corrected chi connectivity index (χ4v) is 3.77. The molecule has 0 radical (unpaired) electrons. The van der Waals surface area contributed by atoms with Crippen LogP contribution >= 0.6 is 27.7 Å². The zero-order valence-corrected chi connectivity index (χ0v) is 16.6. The molecule has 0 spiro atoms. The SMILES string of the molecule is NS(=O)(=O)N[C@H](CO)CSc1nonc1C(=Nc1ccc(F)c(Br)c1)NO. The van der Waals surface area contributed by atoms with Crippen LogP contribution in [0.25, 0.3) is 0 Å². The molecule has 2 aromatic rings. The topological polar surface area (TPSA) is 176 Å². The molecular formula is C12H14BrFN6O5S2. The van der Waals surface area contributed by atoms with Crippen molar-refractivity contribution in [2.24, 2.45) is 10.1 Å². The number of amidine groups is 1. The summed E-state index contributed by atoms with van der Waals surface area (Å²) in [6.45, 7) is -0.507. The fourth-order valence-electron chi connectivity index (χ4n) is 1.77. The molecule has 0 bridgehead atoms. The Morgan fingerprint density at radius 2 is 2.22 bits per heavy atom. The highest BCUT2D eigenvalue weighted by atomic mass is 79.9. The molecule has 0 saturated carbocycles. The molecule has 0 saturated heterocycles. The van der Waals surface area contributed by atoms with Gasteiger partial charge < -0.3 is 5.11 Å². The van der Waals surface area contributed by atoms with Crippen molar-refractivity contribution >= 4 is 49.4 Å². The number of halogens is 2. The summed E-state index contributed by atoms with van der Waals surface area (Å²) >= 11 is 4.00. The Morgan fingerprint density at radius 1 is 1.48 bits per heavy atom. The van der Waals surface area contributed by atoms with Crippen LogP contribution in [0.2, 0.25) is 0 Å². The van der Waals surface area contributed by atoms with E-state index in [0.717, 1.165) is 11.8 Å². The number of benzene rings is 1. The number of nitrogens with two attached hydrogens (primary N) is 1. The number of hydrogen-bond donors (Lipinski definition) is 5. The van der Waals surface area contributed by atoms with E-state index >= 15 is 0 Å². The molecule has 0 aliphatic carbocycles. The molecule has 1 heterocycles. The van der Waals surface area contributed by atoms with Gasteiger partial charge in [-0.15, -0.1) is 0 Å². The number of nitrogens with one attached hydrogen (secondary N) is 2. The molecule has 1 aromatic heterocycles.